The molecule has 7 nitrogen and oxygen atoms in total. The number of rotatable bonds is 6. The van der Waals surface area contributed by atoms with E-state index in [9.17, 15) is 5.11 Å². The van der Waals surface area contributed by atoms with Gasteiger partial charge in [-0.05, 0) is 40.4 Å². The molecule has 0 saturated heterocycles. The van der Waals surface area contributed by atoms with Crippen LogP contribution in [-0.4, -0.2) is 37.3 Å². The predicted molar refractivity (Wildman–Crippen MR) is 104 cm³/mol. The number of nitrogens with one attached hydrogen (secondary N) is 2. The van der Waals surface area contributed by atoms with Gasteiger partial charge in [-0.15, -0.1) is 0 Å². The van der Waals surface area contributed by atoms with Gasteiger partial charge in [0.1, 0.15) is 11.6 Å². The molecule has 0 radical (unpaired) electrons. The molecule has 0 bridgehead atoms. The zero-order valence-corrected chi connectivity index (χ0v) is 15.9. The highest BCUT2D eigenvalue weighted by atomic mass is 79.9. The number of halogens is 1. The maximum absolute atomic E-state index is 9.56. The van der Waals surface area contributed by atoms with Crippen LogP contribution in [0.2, 0.25) is 0 Å². The van der Waals surface area contributed by atoms with E-state index in [-0.39, 0.29) is 18.6 Å². The highest BCUT2D eigenvalue weighted by Crippen LogP contribution is 2.29. The summed E-state index contributed by atoms with van der Waals surface area (Å²) >= 11 is 3.52. The molecule has 0 aliphatic heterocycles. The van der Waals surface area contributed by atoms with Gasteiger partial charge in [-0.25, -0.2) is 4.98 Å². The average Bonchev–Trinajstić information content (AvgIpc) is 3.27. The molecular formula is C18H21BrN6O. The quantitative estimate of drug-likeness (QED) is 0.572. The van der Waals surface area contributed by atoms with Crippen molar-refractivity contribution in [2.24, 2.45) is 5.92 Å². The minimum Gasteiger partial charge on any atom is -0.396 e. The van der Waals surface area contributed by atoms with E-state index in [1.54, 1.807) is 16.9 Å². The van der Waals surface area contributed by atoms with Crippen molar-refractivity contribution in [3.63, 3.8) is 0 Å². The van der Waals surface area contributed by atoms with E-state index in [4.69, 9.17) is 4.98 Å². The summed E-state index contributed by atoms with van der Waals surface area (Å²) < 4.78 is 2.62. The smallest absolute Gasteiger partial charge is 0.173 e. The van der Waals surface area contributed by atoms with Gasteiger partial charge in [0.05, 0.1) is 10.7 Å². The van der Waals surface area contributed by atoms with Gasteiger partial charge in [-0.1, -0.05) is 12.5 Å². The molecule has 1 saturated carbocycles. The third kappa shape index (κ3) is 3.52. The van der Waals surface area contributed by atoms with Gasteiger partial charge in [0.15, 0.2) is 5.65 Å². The average molecular weight is 417 g/mol. The topological polar surface area (TPSA) is 87.4 Å². The van der Waals surface area contributed by atoms with Crippen molar-refractivity contribution in [2.45, 2.75) is 31.8 Å². The van der Waals surface area contributed by atoms with E-state index in [0.717, 1.165) is 46.6 Å². The monoisotopic (exact) mass is 416 g/mol. The lowest BCUT2D eigenvalue weighted by atomic mass is 10.1. The second-order valence-electron chi connectivity index (χ2n) is 6.59. The highest BCUT2D eigenvalue weighted by molar-refractivity contribution is 9.10. The molecule has 0 unspecified atom stereocenters. The summed E-state index contributed by atoms with van der Waals surface area (Å²) in [4.78, 5) is 8.84. The fraction of sp³-hybridized carbons (Fsp3) is 0.389. The molecule has 0 spiro atoms. The van der Waals surface area contributed by atoms with Crippen molar-refractivity contribution in [3.05, 3.63) is 46.8 Å². The number of hydrogen-bond acceptors (Lipinski definition) is 6. The summed E-state index contributed by atoms with van der Waals surface area (Å²) in [6, 6.07) is 6.17. The molecule has 4 rings (SSSR count). The Labute approximate surface area is 160 Å². The summed E-state index contributed by atoms with van der Waals surface area (Å²) in [5.74, 6) is 1.93. The molecule has 0 amide bonds. The highest BCUT2D eigenvalue weighted by Gasteiger charge is 2.27. The fourth-order valence-corrected chi connectivity index (χ4v) is 3.81. The Kier molecular flexibility index (Phi) is 5.03. The van der Waals surface area contributed by atoms with E-state index in [2.05, 4.69) is 36.6 Å². The summed E-state index contributed by atoms with van der Waals surface area (Å²) in [5.41, 5.74) is 1.84. The van der Waals surface area contributed by atoms with E-state index in [1.165, 1.54) is 0 Å². The van der Waals surface area contributed by atoms with Crippen molar-refractivity contribution in [3.8, 4) is 0 Å². The van der Waals surface area contributed by atoms with Crippen LogP contribution >= 0.6 is 15.9 Å². The molecule has 136 valence electrons. The van der Waals surface area contributed by atoms with Crippen molar-refractivity contribution in [1.29, 1.82) is 0 Å². The third-order valence-electron chi connectivity index (χ3n) is 4.85. The van der Waals surface area contributed by atoms with E-state index >= 15 is 0 Å². The number of aromatic nitrogens is 4. The summed E-state index contributed by atoms with van der Waals surface area (Å²) in [5, 5.41) is 20.9. The Morgan fingerprint density at radius 2 is 2.23 bits per heavy atom. The van der Waals surface area contributed by atoms with Crippen molar-refractivity contribution < 1.29 is 5.11 Å². The molecule has 3 heterocycles. The lowest BCUT2D eigenvalue weighted by molar-refractivity contribution is 0.222. The second-order valence-corrected chi connectivity index (χ2v) is 7.45. The molecule has 8 heteroatoms. The number of fused-ring (bicyclic) bond motifs is 1. The summed E-state index contributed by atoms with van der Waals surface area (Å²) in [6.07, 6.45) is 8.59. The summed E-state index contributed by atoms with van der Waals surface area (Å²) in [6.45, 7) is 0.856. The first-order valence-corrected chi connectivity index (χ1v) is 9.58. The summed E-state index contributed by atoms with van der Waals surface area (Å²) in [7, 11) is 0. The van der Waals surface area contributed by atoms with Crippen LogP contribution in [0, 0.1) is 5.92 Å². The molecule has 1 fully saturated rings. The second kappa shape index (κ2) is 7.59. The van der Waals surface area contributed by atoms with E-state index in [0.29, 0.717) is 6.54 Å². The predicted octanol–water partition coefficient (Wildman–Crippen LogP) is 3.07. The zero-order valence-electron chi connectivity index (χ0n) is 14.3. The van der Waals surface area contributed by atoms with Crippen molar-refractivity contribution in [1.82, 2.24) is 19.6 Å². The molecule has 3 aromatic rings. The van der Waals surface area contributed by atoms with Crippen LogP contribution in [0.1, 0.15) is 24.8 Å². The third-order valence-corrected chi connectivity index (χ3v) is 5.41. The molecule has 3 aromatic heterocycles. The molecule has 2 atom stereocenters. The van der Waals surface area contributed by atoms with Crippen LogP contribution in [0.3, 0.4) is 0 Å². The SMILES string of the molecule is OC[C@@H]1CCC[C@@H]1Nc1cc(NCc2cccnc2)n2ncc(Br)c2n1. The number of anilines is 2. The zero-order chi connectivity index (χ0) is 17.9. The normalized spacial score (nSPS) is 19.8. The Morgan fingerprint density at radius 1 is 1.31 bits per heavy atom. The van der Waals surface area contributed by atoms with Gasteiger partial charge in [-0.2, -0.15) is 9.61 Å². The standard InChI is InChI=1S/C18H21BrN6O/c19-14-10-22-25-17(21-9-12-3-2-6-20-8-12)7-16(24-18(14)25)23-15-5-1-4-13(15)11-26/h2-3,6-8,10,13,15,21,26H,1,4-5,9,11H2,(H,23,24)/t13-,15-/m0/s1. The van der Waals surface area contributed by atoms with Crippen LogP contribution in [-0.2, 0) is 6.54 Å². The van der Waals surface area contributed by atoms with Crippen LogP contribution in [0.15, 0.2) is 41.3 Å². The maximum Gasteiger partial charge on any atom is 0.173 e. The minimum atomic E-state index is 0.211. The molecule has 1 aliphatic rings. The molecular weight excluding hydrogens is 396 g/mol. The Hall–Kier alpha value is -2.19. The fourth-order valence-electron chi connectivity index (χ4n) is 3.47. The van der Waals surface area contributed by atoms with Crippen LogP contribution in [0.5, 0.6) is 0 Å². The largest absolute Gasteiger partial charge is 0.396 e. The van der Waals surface area contributed by atoms with Crippen molar-refractivity contribution in [2.75, 3.05) is 17.2 Å². The van der Waals surface area contributed by atoms with Gasteiger partial charge in [-0.3, -0.25) is 4.98 Å². The minimum absolute atomic E-state index is 0.211. The lowest BCUT2D eigenvalue weighted by Gasteiger charge is -2.20. The Bertz CT molecular complexity index is 884. The first kappa shape index (κ1) is 17.2. The number of pyridine rings is 1. The molecule has 0 aromatic carbocycles. The molecule has 1 aliphatic carbocycles. The van der Waals surface area contributed by atoms with Gasteiger partial charge in [0.25, 0.3) is 0 Å². The number of aliphatic hydroxyl groups excluding tert-OH is 1. The maximum atomic E-state index is 9.56. The molecule has 3 N–H and O–H groups in total. The number of hydrogen-bond donors (Lipinski definition) is 3. The number of aliphatic hydroxyl groups is 1. The van der Waals surface area contributed by atoms with Crippen LogP contribution in [0.25, 0.3) is 5.65 Å². The van der Waals surface area contributed by atoms with Gasteiger partial charge < -0.3 is 15.7 Å². The number of nitrogens with zero attached hydrogens (tertiary/aromatic N) is 4. The Morgan fingerprint density at radius 3 is 3.04 bits per heavy atom. The lowest BCUT2D eigenvalue weighted by Crippen LogP contribution is -2.27. The van der Waals surface area contributed by atoms with E-state index < -0.39 is 0 Å². The first-order valence-electron chi connectivity index (χ1n) is 8.79. The van der Waals surface area contributed by atoms with Gasteiger partial charge in [0.2, 0.25) is 0 Å². The van der Waals surface area contributed by atoms with E-state index in [1.807, 2.05) is 24.4 Å². The van der Waals surface area contributed by atoms with Crippen LogP contribution in [0.4, 0.5) is 11.6 Å². The first-order chi connectivity index (χ1) is 12.7. The van der Waals surface area contributed by atoms with Gasteiger partial charge in [0, 0.05) is 43.6 Å². The van der Waals surface area contributed by atoms with Crippen LogP contribution < -0.4 is 10.6 Å². The van der Waals surface area contributed by atoms with Crippen molar-refractivity contribution >= 4 is 33.2 Å². The molecule has 26 heavy (non-hydrogen) atoms. The Balaban J connectivity index is 1.61. The van der Waals surface area contributed by atoms with Gasteiger partial charge >= 0.3 is 0 Å².